The van der Waals surface area contributed by atoms with Gasteiger partial charge in [-0.05, 0) is 57.1 Å². The number of carbonyl (C=O) groups excluding carboxylic acids is 1. The first kappa shape index (κ1) is 14.5. The maximum atomic E-state index is 12.3. The van der Waals surface area contributed by atoms with Crippen LogP contribution in [0, 0.1) is 0 Å². The van der Waals surface area contributed by atoms with Gasteiger partial charge in [0, 0.05) is 23.9 Å². The second-order valence-electron chi connectivity index (χ2n) is 5.09. The molecule has 0 spiro atoms. The van der Waals surface area contributed by atoms with Crippen molar-refractivity contribution in [1.29, 1.82) is 0 Å². The van der Waals surface area contributed by atoms with Gasteiger partial charge in [0.2, 0.25) is 5.91 Å². The Morgan fingerprint density at radius 2 is 2.26 bits per heavy atom. The van der Waals surface area contributed by atoms with Crippen LogP contribution in [0.25, 0.3) is 0 Å². The van der Waals surface area contributed by atoms with Crippen LogP contribution in [0.15, 0.2) is 17.5 Å². The predicted octanol–water partition coefficient (Wildman–Crippen LogP) is 2.67. The highest BCUT2D eigenvalue weighted by Crippen LogP contribution is 2.16. The lowest BCUT2D eigenvalue weighted by Gasteiger charge is -2.34. The third-order valence-electron chi connectivity index (χ3n) is 3.80. The van der Waals surface area contributed by atoms with E-state index in [9.17, 15) is 4.79 Å². The Labute approximate surface area is 120 Å². The van der Waals surface area contributed by atoms with Crippen LogP contribution < -0.4 is 5.32 Å². The van der Waals surface area contributed by atoms with Crippen LogP contribution in [0.1, 0.15) is 37.5 Å². The summed E-state index contributed by atoms with van der Waals surface area (Å²) in [4.78, 5) is 15.8. The maximum Gasteiger partial charge on any atom is 0.222 e. The minimum atomic E-state index is 0.339. The summed E-state index contributed by atoms with van der Waals surface area (Å²) in [5, 5.41) is 5.46. The van der Waals surface area contributed by atoms with Crippen LogP contribution in [0.5, 0.6) is 0 Å². The Kier molecular flexibility index (Phi) is 5.86. The second kappa shape index (κ2) is 7.65. The number of carbonyl (C=O) groups is 1. The van der Waals surface area contributed by atoms with Gasteiger partial charge in [-0.25, -0.2) is 0 Å². The molecule has 1 aromatic rings. The van der Waals surface area contributed by atoms with E-state index in [1.54, 1.807) is 11.3 Å². The minimum absolute atomic E-state index is 0.339. The molecule has 19 heavy (non-hydrogen) atoms. The van der Waals surface area contributed by atoms with Crippen molar-refractivity contribution in [2.45, 2.75) is 45.1 Å². The number of hydrogen-bond acceptors (Lipinski definition) is 3. The van der Waals surface area contributed by atoms with E-state index in [-0.39, 0.29) is 0 Å². The Hall–Kier alpha value is -0.870. The van der Waals surface area contributed by atoms with Gasteiger partial charge in [0.05, 0.1) is 0 Å². The second-order valence-corrected chi connectivity index (χ2v) is 6.13. The zero-order valence-corrected chi connectivity index (χ0v) is 12.5. The van der Waals surface area contributed by atoms with E-state index in [2.05, 4.69) is 34.7 Å². The summed E-state index contributed by atoms with van der Waals surface area (Å²) in [6, 6.07) is 4.69. The summed E-state index contributed by atoms with van der Waals surface area (Å²) in [6.45, 7) is 5.04. The molecular weight excluding hydrogens is 256 g/mol. The highest BCUT2D eigenvalue weighted by atomic mass is 32.1. The van der Waals surface area contributed by atoms with E-state index >= 15 is 0 Å². The third-order valence-corrected chi connectivity index (χ3v) is 4.74. The summed E-state index contributed by atoms with van der Waals surface area (Å²) in [6.07, 6.45) is 4.90. The number of nitrogens with zero attached hydrogens (tertiary/aromatic N) is 1. The van der Waals surface area contributed by atoms with Gasteiger partial charge >= 0.3 is 0 Å². The molecule has 0 aliphatic carbocycles. The molecule has 0 radical (unpaired) electrons. The molecule has 0 saturated carbocycles. The molecule has 1 saturated heterocycles. The van der Waals surface area contributed by atoms with Crippen molar-refractivity contribution in [1.82, 2.24) is 10.2 Å². The van der Waals surface area contributed by atoms with Crippen molar-refractivity contribution >= 4 is 17.2 Å². The van der Waals surface area contributed by atoms with Crippen LogP contribution in [0.4, 0.5) is 0 Å². The first-order chi connectivity index (χ1) is 9.31. The molecule has 106 valence electrons. The van der Waals surface area contributed by atoms with Crippen molar-refractivity contribution in [2.24, 2.45) is 0 Å². The molecule has 0 bridgehead atoms. The lowest BCUT2D eigenvalue weighted by atomic mass is 10.0. The highest BCUT2D eigenvalue weighted by molar-refractivity contribution is 7.09. The largest absolute Gasteiger partial charge is 0.340 e. The zero-order chi connectivity index (χ0) is 13.5. The Bertz CT molecular complexity index is 372. The number of thiophene rings is 1. The number of piperidine rings is 1. The van der Waals surface area contributed by atoms with E-state index in [1.807, 2.05) is 0 Å². The summed E-state index contributed by atoms with van der Waals surface area (Å²) < 4.78 is 0. The van der Waals surface area contributed by atoms with Gasteiger partial charge in [-0.15, -0.1) is 11.3 Å². The molecule has 2 heterocycles. The molecule has 0 aromatic carbocycles. The van der Waals surface area contributed by atoms with Crippen LogP contribution in [-0.2, 0) is 11.2 Å². The van der Waals surface area contributed by atoms with Crippen molar-refractivity contribution in [3.63, 3.8) is 0 Å². The van der Waals surface area contributed by atoms with Crippen molar-refractivity contribution < 1.29 is 4.79 Å². The zero-order valence-electron chi connectivity index (χ0n) is 11.7. The molecule has 4 heteroatoms. The van der Waals surface area contributed by atoms with E-state index in [4.69, 9.17) is 0 Å². The smallest absolute Gasteiger partial charge is 0.222 e. The number of rotatable bonds is 6. The topological polar surface area (TPSA) is 32.3 Å². The molecule has 2 rings (SSSR count). The first-order valence-electron chi connectivity index (χ1n) is 7.34. The van der Waals surface area contributed by atoms with Gasteiger partial charge < -0.3 is 10.2 Å². The third kappa shape index (κ3) is 4.32. The average molecular weight is 280 g/mol. The highest BCUT2D eigenvalue weighted by Gasteiger charge is 2.23. The molecule has 0 unspecified atom stereocenters. The monoisotopic (exact) mass is 280 g/mol. The number of amides is 1. The lowest BCUT2D eigenvalue weighted by Crippen LogP contribution is -2.46. The van der Waals surface area contributed by atoms with E-state index in [0.29, 0.717) is 18.4 Å². The van der Waals surface area contributed by atoms with Crippen LogP contribution in [0.2, 0.25) is 0 Å². The number of nitrogens with one attached hydrogen (secondary N) is 1. The van der Waals surface area contributed by atoms with Crippen LogP contribution in [-0.4, -0.2) is 36.5 Å². The van der Waals surface area contributed by atoms with E-state index < -0.39 is 0 Å². The molecule has 1 fully saturated rings. The SMILES string of the molecule is CCN(C(=O)CCCc1cccs1)C1CCNCC1. The summed E-state index contributed by atoms with van der Waals surface area (Å²) in [7, 11) is 0. The Balaban J connectivity index is 1.76. The van der Waals surface area contributed by atoms with Gasteiger partial charge in [-0.2, -0.15) is 0 Å². The molecule has 1 N–H and O–H groups in total. The molecular formula is C15H24N2OS. The molecule has 1 aliphatic rings. The fourth-order valence-corrected chi connectivity index (χ4v) is 3.52. The number of hydrogen-bond donors (Lipinski definition) is 1. The predicted molar refractivity (Wildman–Crippen MR) is 80.5 cm³/mol. The normalized spacial score (nSPS) is 16.5. The van der Waals surface area contributed by atoms with Gasteiger partial charge in [-0.1, -0.05) is 6.07 Å². The lowest BCUT2D eigenvalue weighted by molar-refractivity contribution is -0.133. The first-order valence-corrected chi connectivity index (χ1v) is 8.21. The molecule has 3 nitrogen and oxygen atoms in total. The molecule has 1 aliphatic heterocycles. The van der Waals surface area contributed by atoms with Gasteiger partial charge in [0.25, 0.3) is 0 Å². The summed E-state index contributed by atoms with van der Waals surface area (Å²) >= 11 is 1.78. The van der Waals surface area contributed by atoms with Crippen molar-refractivity contribution in [3.8, 4) is 0 Å². The van der Waals surface area contributed by atoms with Gasteiger partial charge in [0.1, 0.15) is 0 Å². The summed E-state index contributed by atoms with van der Waals surface area (Å²) in [5.74, 6) is 0.339. The Morgan fingerprint density at radius 3 is 2.89 bits per heavy atom. The summed E-state index contributed by atoms with van der Waals surface area (Å²) in [5.41, 5.74) is 0. The minimum Gasteiger partial charge on any atom is -0.340 e. The molecule has 1 amide bonds. The maximum absolute atomic E-state index is 12.3. The van der Waals surface area contributed by atoms with Crippen LogP contribution >= 0.6 is 11.3 Å². The average Bonchev–Trinajstić information content (AvgIpc) is 2.94. The fourth-order valence-electron chi connectivity index (χ4n) is 2.77. The standard InChI is InChI=1S/C15H24N2OS/c1-2-17(13-8-10-16-11-9-13)15(18)7-3-5-14-6-4-12-19-14/h4,6,12-13,16H,2-3,5,7-11H2,1H3. The molecule has 1 aromatic heterocycles. The van der Waals surface area contributed by atoms with Crippen molar-refractivity contribution in [3.05, 3.63) is 22.4 Å². The molecule has 0 atom stereocenters. The van der Waals surface area contributed by atoms with Crippen LogP contribution in [0.3, 0.4) is 0 Å². The Morgan fingerprint density at radius 1 is 1.47 bits per heavy atom. The van der Waals surface area contributed by atoms with Gasteiger partial charge in [0.15, 0.2) is 0 Å². The van der Waals surface area contributed by atoms with Gasteiger partial charge in [-0.3, -0.25) is 4.79 Å². The van der Waals surface area contributed by atoms with E-state index in [0.717, 1.165) is 45.3 Å². The van der Waals surface area contributed by atoms with E-state index in [1.165, 1.54) is 4.88 Å². The fraction of sp³-hybridized carbons (Fsp3) is 0.667. The van der Waals surface area contributed by atoms with Crippen molar-refractivity contribution in [2.75, 3.05) is 19.6 Å². The quantitative estimate of drug-likeness (QED) is 0.869. The number of aryl methyl sites for hydroxylation is 1.